The molecule has 0 N–H and O–H groups in total. The van der Waals surface area contributed by atoms with Crippen molar-refractivity contribution >= 4 is 11.7 Å². The molecule has 0 atom stereocenters. The van der Waals surface area contributed by atoms with E-state index in [9.17, 15) is 9.90 Å². The molecule has 1 fully saturated rings. The molecule has 0 radical (unpaired) electrons. The van der Waals surface area contributed by atoms with Crippen LogP contribution in [0.2, 0.25) is 0 Å². The molecule has 0 bridgehead atoms. The van der Waals surface area contributed by atoms with Gasteiger partial charge in [-0.05, 0) is 30.5 Å². The van der Waals surface area contributed by atoms with E-state index in [4.69, 9.17) is 0 Å². The Balaban J connectivity index is 0.00000180. The predicted octanol–water partition coefficient (Wildman–Crippen LogP) is -1.07. The van der Waals surface area contributed by atoms with Gasteiger partial charge >= 0.3 is 51.4 Å². The normalized spacial score (nSPS) is 15.9. The minimum absolute atomic E-state index is 0. The van der Waals surface area contributed by atoms with Crippen LogP contribution in [0.3, 0.4) is 0 Å². The van der Waals surface area contributed by atoms with Gasteiger partial charge in [0.05, 0.1) is 11.7 Å². The van der Waals surface area contributed by atoms with Crippen molar-refractivity contribution in [2.75, 3.05) is 13.1 Å². The Hall–Kier alpha value is -0.274. The summed E-state index contributed by atoms with van der Waals surface area (Å²) < 4.78 is 0. The first-order chi connectivity index (χ1) is 8.75. The molecule has 6 heteroatoms. The molecule has 96 valence electrons. The van der Waals surface area contributed by atoms with E-state index >= 15 is 0 Å². The van der Waals surface area contributed by atoms with Gasteiger partial charge in [-0.25, -0.2) is 0 Å². The molecule has 0 amide bonds. The van der Waals surface area contributed by atoms with Gasteiger partial charge in [0.25, 0.3) is 0 Å². The molecule has 2 rings (SSSR count). The number of carbonyl (C=O) groups excluding carboxylic acids is 1. The van der Waals surface area contributed by atoms with E-state index in [1.807, 2.05) is 5.01 Å². The molecule has 5 nitrogen and oxygen atoms in total. The molecule has 1 aliphatic rings. The van der Waals surface area contributed by atoms with E-state index in [0.29, 0.717) is 5.69 Å². The van der Waals surface area contributed by atoms with Crippen LogP contribution in [0.15, 0.2) is 34.6 Å². The average molecular weight is 285 g/mol. The zero-order chi connectivity index (χ0) is 12.8. The van der Waals surface area contributed by atoms with Crippen molar-refractivity contribution in [1.29, 1.82) is 0 Å². The third-order valence-corrected chi connectivity index (χ3v) is 2.97. The zero-order valence-electron chi connectivity index (χ0n) is 11.2. The van der Waals surface area contributed by atoms with Gasteiger partial charge in [-0.1, -0.05) is 30.2 Å². The fraction of sp³-hybridized carbons (Fsp3) is 0.462. The molecule has 1 aromatic rings. The standard InChI is InChI=1S/C13H17N3O2.K/c17-13(18)11-5-7-12(8-6-11)14-15-16-9-3-1-2-4-10-16;/h5-8H,1-4,9-10H2,(H,17,18);/q;+1/p-1. The van der Waals surface area contributed by atoms with E-state index in [-0.39, 0.29) is 56.9 Å². The van der Waals surface area contributed by atoms with Gasteiger partial charge in [0.2, 0.25) is 0 Å². The summed E-state index contributed by atoms with van der Waals surface area (Å²) in [5.41, 5.74) is 0.813. The fourth-order valence-electron chi connectivity index (χ4n) is 1.92. The number of carbonyl (C=O) groups is 1. The SMILES string of the molecule is O=C([O-])c1ccc(N=NN2CCCCCC2)cc1.[K+]. The quantitative estimate of drug-likeness (QED) is 0.524. The molecule has 0 spiro atoms. The monoisotopic (exact) mass is 285 g/mol. The summed E-state index contributed by atoms with van der Waals surface area (Å²) >= 11 is 0. The number of nitrogens with zero attached hydrogens (tertiary/aromatic N) is 3. The second-order valence-electron chi connectivity index (χ2n) is 4.39. The van der Waals surface area contributed by atoms with Crippen LogP contribution in [-0.4, -0.2) is 24.1 Å². The third-order valence-electron chi connectivity index (χ3n) is 2.97. The number of carboxylic acids is 1. The molecule has 0 aliphatic carbocycles. The Morgan fingerprint density at radius 3 is 2.16 bits per heavy atom. The van der Waals surface area contributed by atoms with Crippen molar-refractivity contribution in [3.63, 3.8) is 0 Å². The van der Waals surface area contributed by atoms with Crippen LogP contribution in [0, 0.1) is 0 Å². The van der Waals surface area contributed by atoms with Gasteiger partial charge in [-0.2, -0.15) is 0 Å². The molecule has 1 heterocycles. The molecular formula is C13H16KN3O2. The Bertz CT molecular complexity index is 426. The van der Waals surface area contributed by atoms with Crippen molar-refractivity contribution in [3.05, 3.63) is 29.8 Å². The molecular weight excluding hydrogens is 269 g/mol. The van der Waals surface area contributed by atoms with Crippen LogP contribution in [0.1, 0.15) is 36.0 Å². The number of hydrogen-bond donors (Lipinski definition) is 0. The minimum atomic E-state index is -1.17. The molecule has 19 heavy (non-hydrogen) atoms. The maximum atomic E-state index is 10.6. The summed E-state index contributed by atoms with van der Waals surface area (Å²) in [6, 6.07) is 6.22. The van der Waals surface area contributed by atoms with Crippen LogP contribution < -0.4 is 56.5 Å². The van der Waals surface area contributed by atoms with E-state index in [1.165, 1.54) is 25.0 Å². The van der Waals surface area contributed by atoms with Gasteiger partial charge in [0, 0.05) is 13.1 Å². The molecule has 0 unspecified atom stereocenters. The van der Waals surface area contributed by atoms with Crippen molar-refractivity contribution in [1.82, 2.24) is 5.01 Å². The molecule has 0 saturated carbocycles. The molecule has 1 aromatic carbocycles. The minimum Gasteiger partial charge on any atom is -0.545 e. The maximum Gasteiger partial charge on any atom is 1.00 e. The second kappa shape index (κ2) is 8.81. The zero-order valence-corrected chi connectivity index (χ0v) is 14.3. The molecule has 1 aliphatic heterocycles. The number of rotatable bonds is 3. The van der Waals surface area contributed by atoms with Gasteiger partial charge in [0.1, 0.15) is 0 Å². The Morgan fingerprint density at radius 1 is 1.05 bits per heavy atom. The molecule has 1 saturated heterocycles. The summed E-state index contributed by atoms with van der Waals surface area (Å²) in [5.74, 6) is -1.17. The number of hydrogen-bond acceptors (Lipinski definition) is 4. The predicted molar refractivity (Wildman–Crippen MR) is 65.3 cm³/mol. The van der Waals surface area contributed by atoms with Gasteiger partial charge in [-0.15, -0.1) is 5.11 Å². The molecule has 0 aromatic heterocycles. The topological polar surface area (TPSA) is 68.1 Å². The van der Waals surface area contributed by atoms with Gasteiger partial charge in [0.15, 0.2) is 0 Å². The Morgan fingerprint density at radius 2 is 1.63 bits per heavy atom. The first-order valence-corrected chi connectivity index (χ1v) is 6.24. The van der Waals surface area contributed by atoms with Crippen molar-refractivity contribution in [2.45, 2.75) is 25.7 Å². The van der Waals surface area contributed by atoms with Crippen molar-refractivity contribution < 1.29 is 61.3 Å². The van der Waals surface area contributed by atoms with E-state index in [0.717, 1.165) is 25.9 Å². The van der Waals surface area contributed by atoms with Crippen LogP contribution >= 0.6 is 0 Å². The summed E-state index contributed by atoms with van der Waals surface area (Å²) in [5, 5.41) is 20.8. The first-order valence-electron chi connectivity index (χ1n) is 6.24. The smallest absolute Gasteiger partial charge is 0.545 e. The van der Waals surface area contributed by atoms with Crippen molar-refractivity contribution in [3.8, 4) is 0 Å². The van der Waals surface area contributed by atoms with Crippen LogP contribution in [0.25, 0.3) is 0 Å². The van der Waals surface area contributed by atoms with Crippen LogP contribution in [-0.2, 0) is 0 Å². The third kappa shape index (κ3) is 5.70. The first kappa shape index (κ1) is 16.8. The number of benzene rings is 1. The largest absolute Gasteiger partial charge is 1.00 e. The number of aromatic carboxylic acids is 1. The fourth-order valence-corrected chi connectivity index (χ4v) is 1.92. The Labute approximate surface area is 155 Å². The Kier molecular flexibility index (Phi) is 7.78. The second-order valence-corrected chi connectivity index (χ2v) is 4.39. The van der Waals surface area contributed by atoms with E-state index < -0.39 is 5.97 Å². The number of carboxylic acid groups (broad SMARTS) is 1. The van der Waals surface area contributed by atoms with Crippen LogP contribution in [0.5, 0.6) is 0 Å². The van der Waals surface area contributed by atoms with E-state index in [2.05, 4.69) is 10.3 Å². The average Bonchev–Trinajstić information content (AvgIpc) is 2.65. The van der Waals surface area contributed by atoms with Gasteiger partial charge < -0.3 is 9.90 Å². The maximum absolute atomic E-state index is 10.6. The summed E-state index contributed by atoms with van der Waals surface area (Å²) in [6.45, 7) is 1.89. The van der Waals surface area contributed by atoms with Crippen molar-refractivity contribution in [2.24, 2.45) is 10.3 Å². The van der Waals surface area contributed by atoms with Gasteiger partial charge in [-0.3, -0.25) is 5.01 Å². The van der Waals surface area contributed by atoms with E-state index in [1.54, 1.807) is 12.1 Å². The summed E-state index contributed by atoms with van der Waals surface area (Å²) in [4.78, 5) is 10.6. The van der Waals surface area contributed by atoms with Crippen LogP contribution in [0.4, 0.5) is 5.69 Å². The summed E-state index contributed by atoms with van der Waals surface area (Å²) in [6.07, 6.45) is 4.82. The summed E-state index contributed by atoms with van der Waals surface area (Å²) in [7, 11) is 0.